The van der Waals surface area contributed by atoms with Gasteiger partial charge in [0.2, 0.25) is 0 Å². The molecule has 0 aliphatic carbocycles. The fourth-order valence-corrected chi connectivity index (χ4v) is 5.00. The number of fused-ring (bicyclic) bond motifs is 5. The first-order valence-electron chi connectivity index (χ1n) is 8.53. The summed E-state index contributed by atoms with van der Waals surface area (Å²) in [5.74, 6) is -0.190. The molecule has 3 heterocycles. The Morgan fingerprint density at radius 1 is 1.12 bits per heavy atom. The van der Waals surface area contributed by atoms with Gasteiger partial charge >= 0.3 is 5.97 Å². The molecule has 1 saturated heterocycles. The maximum Gasteiger partial charge on any atom is 0.327 e. The largest absolute Gasteiger partial charge is 0.425 e. The second-order valence-corrected chi connectivity index (χ2v) is 7.37. The Kier molecular flexibility index (Phi) is 3.04. The summed E-state index contributed by atoms with van der Waals surface area (Å²) >= 11 is 6.45. The molecule has 0 aromatic heterocycles. The van der Waals surface area contributed by atoms with Crippen molar-refractivity contribution in [3.05, 3.63) is 58.6 Å². The molecule has 0 bridgehead atoms. The van der Waals surface area contributed by atoms with Crippen molar-refractivity contribution in [3.63, 3.8) is 0 Å². The SMILES string of the molecule is O=C1Oc2ccccc2C(=O)[C@]12Cc1cccc(Cl)c1N1CCC[C@@H]12. The average molecular weight is 354 g/mol. The summed E-state index contributed by atoms with van der Waals surface area (Å²) in [5.41, 5.74) is 1.23. The summed E-state index contributed by atoms with van der Waals surface area (Å²) in [6.45, 7) is 0.797. The van der Waals surface area contributed by atoms with Crippen molar-refractivity contribution < 1.29 is 14.3 Å². The van der Waals surface area contributed by atoms with Gasteiger partial charge in [-0.2, -0.15) is 0 Å². The number of nitrogens with zero attached hydrogens (tertiary/aromatic N) is 1. The third-order valence-corrected chi connectivity index (χ3v) is 6.06. The molecule has 0 saturated carbocycles. The number of ether oxygens (including phenoxy) is 1. The lowest BCUT2D eigenvalue weighted by molar-refractivity contribution is -0.145. The fraction of sp³-hybridized carbons (Fsp3) is 0.300. The number of anilines is 1. The smallest absolute Gasteiger partial charge is 0.327 e. The number of carbonyl (C=O) groups is 2. The number of benzene rings is 2. The van der Waals surface area contributed by atoms with Gasteiger partial charge in [0.1, 0.15) is 5.75 Å². The van der Waals surface area contributed by atoms with E-state index < -0.39 is 11.4 Å². The molecule has 0 N–H and O–H groups in total. The van der Waals surface area contributed by atoms with Gasteiger partial charge in [-0.3, -0.25) is 9.59 Å². The molecule has 126 valence electrons. The molecule has 0 unspecified atom stereocenters. The number of rotatable bonds is 0. The number of para-hydroxylation sites is 2. The van der Waals surface area contributed by atoms with Crippen LogP contribution in [0.2, 0.25) is 5.02 Å². The highest BCUT2D eigenvalue weighted by Crippen LogP contribution is 2.52. The molecule has 2 aromatic rings. The highest BCUT2D eigenvalue weighted by atomic mass is 35.5. The van der Waals surface area contributed by atoms with Crippen molar-refractivity contribution in [2.45, 2.75) is 25.3 Å². The molecular formula is C20H16ClNO3. The summed E-state index contributed by atoms with van der Waals surface area (Å²) in [7, 11) is 0. The zero-order chi connectivity index (χ0) is 17.2. The first-order chi connectivity index (χ1) is 12.1. The van der Waals surface area contributed by atoms with Crippen LogP contribution in [-0.4, -0.2) is 24.3 Å². The molecule has 5 heteroatoms. The van der Waals surface area contributed by atoms with Crippen LogP contribution in [0.4, 0.5) is 5.69 Å². The molecule has 1 fully saturated rings. The highest BCUT2D eigenvalue weighted by Gasteiger charge is 2.61. The molecule has 0 radical (unpaired) electrons. The number of Topliss-reactive ketones (excluding diaryl/α,β-unsaturated/α-hetero) is 1. The van der Waals surface area contributed by atoms with E-state index in [9.17, 15) is 9.59 Å². The first-order valence-corrected chi connectivity index (χ1v) is 8.91. The van der Waals surface area contributed by atoms with Crippen molar-refractivity contribution in [2.24, 2.45) is 5.41 Å². The molecule has 4 nitrogen and oxygen atoms in total. The van der Waals surface area contributed by atoms with Crippen LogP contribution in [0.3, 0.4) is 0 Å². The molecule has 0 amide bonds. The summed E-state index contributed by atoms with van der Waals surface area (Å²) in [4.78, 5) is 28.7. The molecule has 25 heavy (non-hydrogen) atoms. The molecule has 3 aliphatic rings. The number of esters is 1. The van der Waals surface area contributed by atoms with Gasteiger partial charge < -0.3 is 9.64 Å². The van der Waals surface area contributed by atoms with Gasteiger partial charge in [0.25, 0.3) is 0 Å². The molecule has 2 atom stereocenters. The van der Waals surface area contributed by atoms with Crippen LogP contribution < -0.4 is 9.64 Å². The number of ketones is 1. The van der Waals surface area contributed by atoms with E-state index >= 15 is 0 Å². The van der Waals surface area contributed by atoms with Crippen LogP contribution in [0.1, 0.15) is 28.8 Å². The van der Waals surface area contributed by atoms with E-state index in [2.05, 4.69) is 4.90 Å². The van der Waals surface area contributed by atoms with Crippen LogP contribution in [0.25, 0.3) is 0 Å². The lowest BCUT2D eigenvalue weighted by Gasteiger charge is -2.47. The monoisotopic (exact) mass is 353 g/mol. The fourth-order valence-electron chi connectivity index (χ4n) is 4.70. The van der Waals surface area contributed by atoms with Crippen molar-refractivity contribution in [3.8, 4) is 5.75 Å². The second kappa shape index (κ2) is 5.09. The number of hydrogen-bond acceptors (Lipinski definition) is 4. The Balaban J connectivity index is 1.74. The lowest BCUT2D eigenvalue weighted by Crippen LogP contribution is -2.61. The Morgan fingerprint density at radius 3 is 2.84 bits per heavy atom. The number of carbonyl (C=O) groups excluding carboxylic acids is 2. The van der Waals surface area contributed by atoms with Crippen molar-refractivity contribution in [2.75, 3.05) is 11.4 Å². The van der Waals surface area contributed by atoms with E-state index in [0.717, 1.165) is 30.6 Å². The van der Waals surface area contributed by atoms with Crippen LogP contribution in [0.15, 0.2) is 42.5 Å². The van der Waals surface area contributed by atoms with Crippen molar-refractivity contribution >= 4 is 29.0 Å². The Morgan fingerprint density at radius 2 is 1.96 bits per heavy atom. The summed E-state index contributed by atoms with van der Waals surface area (Å²) in [6.07, 6.45) is 2.06. The minimum atomic E-state index is -1.18. The minimum Gasteiger partial charge on any atom is -0.425 e. The normalized spacial score (nSPS) is 26.9. The highest BCUT2D eigenvalue weighted by molar-refractivity contribution is 6.33. The average Bonchev–Trinajstić information content (AvgIpc) is 3.10. The standard InChI is InChI=1S/C20H16ClNO3/c21-14-7-3-5-12-11-20(16-9-4-10-22(16)17(12)14)18(23)13-6-1-2-8-15(13)25-19(20)24/h1-3,5-8,16H,4,9-11H2/t16-,20-/m1/s1. The summed E-state index contributed by atoms with van der Waals surface area (Å²) in [6, 6.07) is 12.5. The predicted octanol–water partition coefficient (Wildman–Crippen LogP) is 3.65. The van der Waals surface area contributed by atoms with Gasteiger partial charge in [0.15, 0.2) is 11.2 Å². The lowest BCUT2D eigenvalue weighted by atomic mass is 9.66. The van der Waals surface area contributed by atoms with Gasteiger partial charge in [-0.15, -0.1) is 0 Å². The van der Waals surface area contributed by atoms with E-state index in [-0.39, 0.29) is 11.8 Å². The molecular weight excluding hydrogens is 338 g/mol. The summed E-state index contributed by atoms with van der Waals surface area (Å²) in [5, 5.41) is 0.677. The number of hydrogen-bond donors (Lipinski definition) is 0. The van der Waals surface area contributed by atoms with Crippen LogP contribution >= 0.6 is 11.6 Å². The number of halogens is 1. The zero-order valence-corrected chi connectivity index (χ0v) is 14.3. The van der Waals surface area contributed by atoms with E-state index in [1.807, 2.05) is 24.3 Å². The maximum absolute atomic E-state index is 13.5. The van der Waals surface area contributed by atoms with Gasteiger partial charge in [0, 0.05) is 13.0 Å². The Labute approximate surface area is 150 Å². The van der Waals surface area contributed by atoms with Crippen LogP contribution in [-0.2, 0) is 11.2 Å². The van der Waals surface area contributed by atoms with Gasteiger partial charge in [-0.25, -0.2) is 0 Å². The van der Waals surface area contributed by atoms with E-state index in [1.165, 1.54) is 0 Å². The van der Waals surface area contributed by atoms with Gasteiger partial charge in [0.05, 0.1) is 22.3 Å². The predicted molar refractivity (Wildman–Crippen MR) is 94.4 cm³/mol. The molecule has 1 spiro atoms. The topological polar surface area (TPSA) is 46.6 Å². The molecule has 3 aliphatic heterocycles. The quantitative estimate of drug-likeness (QED) is 0.412. The van der Waals surface area contributed by atoms with E-state index in [1.54, 1.807) is 18.2 Å². The van der Waals surface area contributed by atoms with E-state index in [0.29, 0.717) is 22.8 Å². The van der Waals surface area contributed by atoms with Crippen molar-refractivity contribution in [1.29, 1.82) is 0 Å². The van der Waals surface area contributed by atoms with E-state index in [4.69, 9.17) is 16.3 Å². The van der Waals surface area contributed by atoms with Gasteiger partial charge in [-0.05, 0) is 36.6 Å². The van der Waals surface area contributed by atoms with Crippen LogP contribution in [0, 0.1) is 5.41 Å². The Bertz CT molecular complexity index is 925. The molecule has 2 aromatic carbocycles. The second-order valence-electron chi connectivity index (χ2n) is 6.96. The zero-order valence-electron chi connectivity index (χ0n) is 13.5. The third kappa shape index (κ3) is 1.83. The first kappa shape index (κ1) is 15.0. The maximum atomic E-state index is 13.5. The van der Waals surface area contributed by atoms with Crippen LogP contribution in [0.5, 0.6) is 5.75 Å². The minimum absolute atomic E-state index is 0.123. The molecule has 5 rings (SSSR count). The van der Waals surface area contributed by atoms with Gasteiger partial charge in [-0.1, -0.05) is 35.9 Å². The summed E-state index contributed by atoms with van der Waals surface area (Å²) < 4.78 is 5.63. The third-order valence-electron chi connectivity index (χ3n) is 5.75. The van der Waals surface area contributed by atoms with Crippen molar-refractivity contribution in [1.82, 2.24) is 0 Å². The Hall–Kier alpha value is -2.33.